The van der Waals surface area contributed by atoms with E-state index in [0.29, 0.717) is 12.0 Å². The highest BCUT2D eigenvalue weighted by molar-refractivity contribution is 5.45. The molecule has 1 atom stereocenters. The molecule has 1 aliphatic rings. The van der Waals surface area contributed by atoms with Gasteiger partial charge in [0, 0.05) is 5.54 Å². The van der Waals surface area contributed by atoms with Crippen LogP contribution in [-0.4, -0.2) is 7.11 Å². The standard InChI is InChI=1S/C17H17F2NO/c1-21-14-4-2-11-6-7-17(20,15(11)9-14)10-12-8-13(18)3-5-16(12)19/h2-5,8-9H,6-7,10,20H2,1H3. The van der Waals surface area contributed by atoms with Gasteiger partial charge in [0.15, 0.2) is 0 Å². The highest BCUT2D eigenvalue weighted by Crippen LogP contribution is 2.39. The fraction of sp³-hybridized carbons (Fsp3) is 0.294. The fourth-order valence-electron chi connectivity index (χ4n) is 3.06. The Bertz CT molecular complexity index is 686. The van der Waals surface area contributed by atoms with Crippen LogP contribution in [0, 0.1) is 11.6 Å². The van der Waals surface area contributed by atoms with Crippen molar-refractivity contribution in [3.05, 3.63) is 64.7 Å². The predicted molar refractivity (Wildman–Crippen MR) is 77.2 cm³/mol. The summed E-state index contributed by atoms with van der Waals surface area (Å²) in [6.45, 7) is 0. The maximum Gasteiger partial charge on any atom is 0.126 e. The van der Waals surface area contributed by atoms with E-state index >= 15 is 0 Å². The third-order valence-electron chi connectivity index (χ3n) is 4.21. The van der Waals surface area contributed by atoms with E-state index in [0.717, 1.165) is 35.4 Å². The van der Waals surface area contributed by atoms with Crippen LogP contribution < -0.4 is 10.5 Å². The molecular formula is C17H17F2NO. The first-order chi connectivity index (χ1) is 10.0. The average molecular weight is 289 g/mol. The Morgan fingerprint density at radius 2 is 2.00 bits per heavy atom. The van der Waals surface area contributed by atoms with Gasteiger partial charge in [-0.25, -0.2) is 8.78 Å². The van der Waals surface area contributed by atoms with Crippen LogP contribution in [0.2, 0.25) is 0 Å². The molecule has 0 aromatic heterocycles. The van der Waals surface area contributed by atoms with Gasteiger partial charge in [0.1, 0.15) is 17.4 Å². The van der Waals surface area contributed by atoms with E-state index in [2.05, 4.69) is 0 Å². The second-order valence-corrected chi connectivity index (χ2v) is 5.59. The van der Waals surface area contributed by atoms with E-state index in [4.69, 9.17) is 10.5 Å². The highest BCUT2D eigenvalue weighted by Gasteiger charge is 2.36. The summed E-state index contributed by atoms with van der Waals surface area (Å²) in [6.07, 6.45) is 1.83. The van der Waals surface area contributed by atoms with Crippen molar-refractivity contribution >= 4 is 0 Å². The zero-order valence-electron chi connectivity index (χ0n) is 11.8. The van der Waals surface area contributed by atoms with Gasteiger partial charge in [0.2, 0.25) is 0 Å². The predicted octanol–water partition coefficient (Wildman–Crippen LogP) is 3.32. The molecule has 0 heterocycles. The van der Waals surface area contributed by atoms with E-state index in [1.54, 1.807) is 7.11 Å². The van der Waals surface area contributed by atoms with Gasteiger partial charge in [-0.3, -0.25) is 0 Å². The van der Waals surface area contributed by atoms with Gasteiger partial charge in [-0.05, 0) is 66.3 Å². The molecule has 2 aromatic rings. The summed E-state index contributed by atoms with van der Waals surface area (Å²) >= 11 is 0. The van der Waals surface area contributed by atoms with Crippen LogP contribution in [0.3, 0.4) is 0 Å². The zero-order chi connectivity index (χ0) is 15.0. The van der Waals surface area contributed by atoms with Gasteiger partial charge in [0.05, 0.1) is 7.11 Å². The molecule has 4 heteroatoms. The normalized spacial score (nSPS) is 20.4. The third kappa shape index (κ3) is 2.51. The van der Waals surface area contributed by atoms with Crippen LogP contribution in [0.4, 0.5) is 8.78 Å². The number of rotatable bonds is 3. The molecule has 2 nitrogen and oxygen atoms in total. The summed E-state index contributed by atoms with van der Waals surface area (Å²) in [5.74, 6) is -0.137. The summed E-state index contributed by atoms with van der Waals surface area (Å²) in [4.78, 5) is 0. The van der Waals surface area contributed by atoms with Crippen LogP contribution in [0.25, 0.3) is 0 Å². The first-order valence-electron chi connectivity index (χ1n) is 6.92. The first kappa shape index (κ1) is 14.0. The van der Waals surface area contributed by atoms with Gasteiger partial charge >= 0.3 is 0 Å². The van der Waals surface area contributed by atoms with Crippen molar-refractivity contribution in [1.82, 2.24) is 0 Å². The Labute approximate surface area is 122 Å². The topological polar surface area (TPSA) is 35.2 Å². The molecule has 0 aliphatic heterocycles. The molecule has 2 aromatic carbocycles. The van der Waals surface area contributed by atoms with Crippen LogP contribution in [-0.2, 0) is 18.4 Å². The lowest BCUT2D eigenvalue weighted by molar-refractivity contribution is 0.405. The zero-order valence-corrected chi connectivity index (χ0v) is 11.8. The first-order valence-corrected chi connectivity index (χ1v) is 6.92. The smallest absolute Gasteiger partial charge is 0.126 e. The van der Waals surface area contributed by atoms with Crippen LogP contribution >= 0.6 is 0 Å². The lowest BCUT2D eigenvalue weighted by Gasteiger charge is -2.26. The molecule has 0 radical (unpaired) electrons. The second kappa shape index (κ2) is 5.11. The number of aryl methyl sites for hydroxylation is 1. The molecule has 110 valence electrons. The maximum absolute atomic E-state index is 13.9. The van der Waals surface area contributed by atoms with Crippen molar-refractivity contribution < 1.29 is 13.5 Å². The lowest BCUT2D eigenvalue weighted by Crippen LogP contribution is -2.37. The Kier molecular flexibility index (Phi) is 3.41. The molecule has 0 fully saturated rings. The molecule has 2 N–H and O–H groups in total. The minimum atomic E-state index is -0.682. The SMILES string of the molecule is COc1ccc2c(c1)C(N)(Cc1cc(F)ccc1F)CC2. The molecule has 21 heavy (non-hydrogen) atoms. The minimum Gasteiger partial charge on any atom is -0.497 e. The molecule has 0 saturated heterocycles. The van der Waals surface area contributed by atoms with Crippen LogP contribution in [0.15, 0.2) is 36.4 Å². The molecular weight excluding hydrogens is 272 g/mol. The number of halogens is 2. The monoisotopic (exact) mass is 289 g/mol. The largest absolute Gasteiger partial charge is 0.497 e. The Morgan fingerprint density at radius 3 is 2.76 bits per heavy atom. The van der Waals surface area contributed by atoms with Crippen molar-refractivity contribution in [2.45, 2.75) is 24.8 Å². The summed E-state index contributed by atoms with van der Waals surface area (Å²) < 4.78 is 32.4. The van der Waals surface area contributed by atoms with Crippen molar-refractivity contribution in [2.24, 2.45) is 5.73 Å². The highest BCUT2D eigenvalue weighted by atomic mass is 19.1. The number of nitrogens with two attached hydrogens (primary N) is 1. The van der Waals surface area contributed by atoms with Gasteiger partial charge in [0.25, 0.3) is 0 Å². The number of fused-ring (bicyclic) bond motifs is 1. The molecule has 0 spiro atoms. The Hall–Kier alpha value is -1.94. The van der Waals surface area contributed by atoms with Crippen molar-refractivity contribution in [3.8, 4) is 5.75 Å². The molecule has 0 saturated carbocycles. The van der Waals surface area contributed by atoms with E-state index < -0.39 is 17.2 Å². The number of hydrogen-bond donors (Lipinski definition) is 1. The molecule has 3 rings (SSSR count). The van der Waals surface area contributed by atoms with E-state index in [-0.39, 0.29) is 6.42 Å². The summed E-state index contributed by atoms with van der Waals surface area (Å²) in [7, 11) is 1.60. The maximum atomic E-state index is 13.9. The Morgan fingerprint density at radius 1 is 1.19 bits per heavy atom. The van der Waals surface area contributed by atoms with Gasteiger partial charge in [-0.1, -0.05) is 6.07 Å². The summed E-state index contributed by atoms with van der Waals surface area (Å²) in [5.41, 5.74) is 8.24. The quantitative estimate of drug-likeness (QED) is 0.940. The second-order valence-electron chi connectivity index (χ2n) is 5.59. The van der Waals surface area contributed by atoms with E-state index in [1.165, 1.54) is 6.07 Å². The van der Waals surface area contributed by atoms with Crippen LogP contribution in [0.5, 0.6) is 5.75 Å². The van der Waals surface area contributed by atoms with Gasteiger partial charge in [-0.15, -0.1) is 0 Å². The molecule has 0 bridgehead atoms. The van der Waals surface area contributed by atoms with E-state index in [9.17, 15) is 8.78 Å². The number of ether oxygens (including phenoxy) is 1. The summed E-state index contributed by atoms with van der Waals surface area (Å²) in [6, 6.07) is 9.28. The van der Waals surface area contributed by atoms with Crippen LogP contribution in [0.1, 0.15) is 23.1 Å². The van der Waals surface area contributed by atoms with Gasteiger partial charge in [-0.2, -0.15) is 0 Å². The third-order valence-corrected chi connectivity index (χ3v) is 4.21. The minimum absolute atomic E-state index is 0.275. The molecule has 1 aliphatic carbocycles. The average Bonchev–Trinajstić information content (AvgIpc) is 2.80. The number of benzene rings is 2. The lowest BCUT2D eigenvalue weighted by atomic mass is 9.86. The van der Waals surface area contributed by atoms with Crippen molar-refractivity contribution in [2.75, 3.05) is 7.11 Å². The van der Waals surface area contributed by atoms with Crippen molar-refractivity contribution in [3.63, 3.8) is 0 Å². The van der Waals surface area contributed by atoms with Gasteiger partial charge < -0.3 is 10.5 Å². The fourth-order valence-corrected chi connectivity index (χ4v) is 3.06. The summed E-state index contributed by atoms with van der Waals surface area (Å²) in [5, 5.41) is 0. The number of hydrogen-bond acceptors (Lipinski definition) is 2. The molecule has 0 amide bonds. The molecule has 1 unspecified atom stereocenters. The Balaban J connectivity index is 1.98. The van der Waals surface area contributed by atoms with E-state index in [1.807, 2.05) is 18.2 Å². The number of methoxy groups -OCH3 is 1. The van der Waals surface area contributed by atoms with Crippen molar-refractivity contribution in [1.29, 1.82) is 0 Å².